The molecule has 0 aliphatic carbocycles. The van der Waals surface area contributed by atoms with Crippen LogP contribution in [-0.4, -0.2) is 31.9 Å². The van der Waals surface area contributed by atoms with E-state index in [9.17, 15) is 14.9 Å². The molecule has 2 aromatic heterocycles. The van der Waals surface area contributed by atoms with Crippen molar-refractivity contribution >= 4 is 38.3 Å². The Morgan fingerprint density at radius 3 is 2.55 bits per heavy atom. The number of rotatable bonds is 7. The molecule has 4 aromatic rings. The number of thiazole rings is 1. The third-order valence-electron chi connectivity index (χ3n) is 5.09. The molecule has 0 spiro atoms. The van der Waals surface area contributed by atoms with Crippen molar-refractivity contribution in [2.45, 2.75) is 26.8 Å². The van der Waals surface area contributed by atoms with Crippen LogP contribution in [0.5, 0.6) is 0 Å². The molecule has 0 saturated carbocycles. The first kappa shape index (κ1) is 20.7. The SMILES string of the molecule is Cc1ccc(C)c2sc(N(CCCn3ccnc3)C(=O)c3ccc([N+](=O)[O-])cc3)nc12. The molecule has 0 radical (unpaired) electrons. The van der Waals surface area contributed by atoms with Gasteiger partial charge in [0.05, 0.1) is 21.5 Å². The number of nitro groups is 1. The second-order valence-electron chi connectivity index (χ2n) is 7.29. The first-order valence-corrected chi connectivity index (χ1v) is 10.6. The normalized spacial score (nSPS) is 11.0. The summed E-state index contributed by atoms with van der Waals surface area (Å²) in [5.74, 6) is -0.227. The number of hydrogen-bond donors (Lipinski definition) is 0. The van der Waals surface area contributed by atoms with Crippen LogP contribution in [0, 0.1) is 24.0 Å². The summed E-state index contributed by atoms with van der Waals surface area (Å²) >= 11 is 1.49. The van der Waals surface area contributed by atoms with Crippen LogP contribution in [0.4, 0.5) is 10.8 Å². The largest absolute Gasteiger partial charge is 0.337 e. The molecule has 8 nitrogen and oxygen atoms in total. The van der Waals surface area contributed by atoms with Gasteiger partial charge in [0.2, 0.25) is 0 Å². The Hall–Kier alpha value is -3.59. The monoisotopic (exact) mass is 435 g/mol. The Morgan fingerprint density at radius 1 is 1.16 bits per heavy atom. The van der Waals surface area contributed by atoms with Gasteiger partial charge in [0, 0.05) is 43.2 Å². The number of nitro benzene ring substituents is 1. The Labute approximate surface area is 182 Å². The van der Waals surface area contributed by atoms with Crippen LogP contribution in [0.1, 0.15) is 27.9 Å². The van der Waals surface area contributed by atoms with E-state index in [0.717, 1.165) is 21.3 Å². The van der Waals surface area contributed by atoms with Gasteiger partial charge in [-0.3, -0.25) is 19.8 Å². The number of imidazole rings is 1. The van der Waals surface area contributed by atoms with Gasteiger partial charge >= 0.3 is 0 Å². The molecule has 0 N–H and O–H groups in total. The number of aryl methyl sites for hydroxylation is 3. The molecule has 158 valence electrons. The van der Waals surface area contributed by atoms with Gasteiger partial charge in [-0.2, -0.15) is 0 Å². The van der Waals surface area contributed by atoms with Crippen molar-refractivity contribution in [3.63, 3.8) is 0 Å². The van der Waals surface area contributed by atoms with E-state index < -0.39 is 4.92 Å². The van der Waals surface area contributed by atoms with Crippen LogP contribution < -0.4 is 4.90 Å². The lowest BCUT2D eigenvalue weighted by Gasteiger charge is -2.20. The van der Waals surface area contributed by atoms with Crippen molar-refractivity contribution in [1.82, 2.24) is 14.5 Å². The van der Waals surface area contributed by atoms with Gasteiger partial charge < -0.3 is 4.57 Å². The molecule has 0 aliphatic rings. The van der Waals surface area contributed by atoms with Crippen molar-refractivity contribution in [3.05, 3.63) is 81.9 Å². The molecule has 0 atom stereocenters. The second kappa shape index (κ2) is 8.65. The predicted molar refractivity (Wildman–Crippen MR) is 121 cm³/mol. The van der Waals surface area contributed by atoms with Crippen molar-refractivity contribution in [2.75, 3.05) is 11.4 Å². The number of non-ortho nitro benzene ring substituents is 1. The average molecular weight is 436 g/mol. The molecule has 0 unspecified atom stereocenters. The highest BCUT2D eigenvalue weighted by atomic mass is 32.1. The molecule has 1 amide bonds. The fraction of sp³-hybridized carbons (Fsp3) is 0.227. The van der Waals surface area contributed by atoms with Gasteiger partial charge in [0.15, 0.2) is 5.13 Å². The number of hydrogen-bond acceptors (Lipinski definition) is 6. The van der Waals surface area contributed by atoms with Crippen LogP contribution in [0.25, 0.3) is 10.2 Å². The van der Waals surface area contributed by atoms with Gasteiger partial charge in [-0.05, 0) is 43.5 Å². The lowest BCUT2D eigenvalue weighted by atomic mass is 10.1. The molecule has 9 heteroatoms. The van der Waals surface area contributed by atoms with Crippen LogP contribution in [-0.2, 0) is 6.54 Å². The van der Waals surface area contributed by atoms with Gasteiger partial charge in [-0.1, -0.05) is 23.5 Å². The quantitative estimate of drug-likeness (QED) is 0.308. The van der Waals surface area contributed by atoms with Crippen molar-refractivity contribution in [2.24, 2.45) is 0 Å². The minimum Gasteiger partial charge on any atom is -0.337 e. The van der Waals surface area contributed by atoms with Crippen molar-refractivity contribution in [3.8, 4) is 0 Å². The minimum atomic E-state index is -0.476. The Kier molecular flexibility index (Phi) is 5.77. The van der Waals surface area contributed by atoms with Crippen molar-refractivity contribution in [1.29, 1.82) is 0 Å². The summed E-state index contributed by atoms with van der Waals surface area (Å²) in [6, 6.07) is 9.78. The summed E-state index contributed by atoms with van der Waals surface area (Å²) in [7, 11) is 0. The van der Waals surface area contributed by atoms with Crippen LogP contribution in [0.3, 0.4) is 0 Å². The number of nitrogens with zero attached hydrogens (tertiary/aromatic N) is 5. The molecule has 0 bridgehead atoms. The second-order valence-corrected chi connectivity index (χ2v) is 8.27. The molecule has 31 heavy (non-hydrogen) atoms. The average Bonchev–Trinajstić information content (AvgIpc) is 3.44. The maximum atomic E-state index is 13.4. The van der Waals surface area contributed by atoms with Gasteiger partial charge in [0.1, 0.15) is 0 Å². The van der Waals surface area contributed by atoms with E-state index in [-0.39, 0.29) is 11.6 Å². The zero-order chi connectivity index (χ0) is 22.0. The third kappa shape index (κ3) is 4.31. The molecule has 0 fully saturated rings. The topological polar surface area (TPSA) is 94.2 Å². The van der Waals surface area contributed by atoms with E-state index in [1.807, 2.05) is 30.7 Å². The molecular formula is C22H21N5O3S. The van der Waals surface area contributed by atoms with Crippen LogP contribution >= 0.6 is 11.3 Å². The Bertz CT molecular complexity index is 1190. The smallest absolute Gasteiger partial charge is 0.269 e. The zero-order valence-corrected chi connectivity index (χ0v) is 18.0. The fourth-order valence-electron chi connectivity index (χ4n) is 3.36. The summed E-state index contributed by atoms with van der Waals surface area (Å²) in [4.78, 5) is 34.3. The molecule has 0 aliphatic heterocycles. The molecule has 4 rings (SSSR count). The standard InChI is InChI=1S/C22H21N5O3S/c1-15-4-5-16(2)20-19(15)24-22(31-20)26(12-3-11-25-13-10-23-14-25)21(28)17-6-8-18(9-7-17)27(29)30/h4-10,13-14H,3,11-12H2,1-2H3. The van der Waals surface area contributed by atoms with Gasteiger partial charge in [-0.15, -0.1) is 0 Å². The van der Waals surface area contributed by atoms with E-state index in [0.29, 0.717) is 30.2 Å². The third-order valence-corrected chi connectivity index (χ3v) is 6.30. The summed E-state index contributed by atoms with van der Waals surface area (Å²) in [6.45, 7) is 5.22. The summed E-state index contributed by atoms with van der Waals surface area (Å²) in [6.07, 6.45) is 6.06. The number of carbonyl (C=O) groups is 1. The highest BCUT2D eigenvalue weighted by Gasteiger charge is 2.22. The fourth-order valence-corrected chi connectivity index (χ4v) is 4.50. The molecule has 2 aromatic carbocycles. The lowest BCUT2D eigenvalue weighted by molar-refractivity contribution is -0.384. The van der Waals surface area contributed by atoms with Crippen LogP contribution in [0.15, 0.2) is 55.1 Å². The molecule has 2 heterocycles. The van der Waals surface area contributed by atoms with Gasteiger partial charge in [0.25, 0.3) is 11.6 Å². The van der Waals surface area contributed by atoms with E-state index in [1.165, 1.54) is 35.6 Å². The van der Waals surface area contributed by atoms with Crippen LogP contribution in [0.2, 0.25) is 0 Å². The molecular weight excluding hydrogens is 414 g/mol. The maximum Gasteiger partial charge on any atom is 0.269 e. The number of benzene rings is 2. The van der Waals surface area contributed by atoms with E-state index in [1.54, 1.807) is 17.4 Å². The highest BCUT2D eigenvalue weighted by molar-refractivity contribution is 7.22. The van der Waals surface area contributed by atoms with Crippen molar-refractivity contribution < 1.29 is 9.72 Å². The minimum absolute atomic E-state index is 0.0468. The van der Waals surface area contributed by atoms with E-state index in [2.05, 4.69) is 11.1 Å². The lowest BCUT2D eigenvalue weighted by Crippen LogP contribution is -2.32. The number of carbonyl (C=O) groups excluding carboxylic acids is 1. The zero-order valence-electron chi connectivity index (χ0n) is 17.2. The van der Waals surface area contributed by atoms with E-state index >= 15 is 0 Å². The number of fused-ring (bicyclic) bond motifs is 1. The van der Waals surface area contributed by atoms with E-state index in [4.69, 9.17) is 4.98 Å². The maximum absolute atomic E-state index is 13.4. The summed E-state index contributed by atoms with van der Waals surface area (Å²) < 4.78 is 3.02. The predicted octanol–water partition coefficient (Wildman–Crippen LogP) is 4.75. The van der Waals surface area contributed by atoms with Gasteiger partial charge in [-0.25, -0.2) is 9.97 Å². The Morgan fingerprint density at radius 2 is 1.90 bits per heavy atom. The summed E-state index contributed by atoms with van der Waals surface area (Å²) in [5, 5.41) is 11.6. The highest BCUT2D eigenvalue weighted by Crippen LogP contribution is 2.34. The molecule has 0 saturated heterocycles. The summed E-state index contributed by atoms with van der Waals surface area (Å²) in [5.41, 5.74) is 3.42. The first-order chi connectivity index (χ1) is 14.9. The number of amides is 1. The Balaban J connectivity index is 1.66. The number of anilines is 1. The number of aromatic nitrogens is 3. The first-order valence-electron chi connectivity index (χ1n) is 9.83.